The van der Waals surface area contributed by atoms with E-state index in [2.05, 4.69) is 10.2 Å². The van der Waals surface area contributed by atoms with E-state index in [0.29, 0.717) is 18.9 Å². The third kappa shape index (κ3) is 3.30. The molecule has 1 heterocycles. The molecule has 8 heteroatoms. The Morgan fingerprint density at radius 2 is 2.16 bits per heavy atom. The van der Waals surface area contributed by atoms with Crippen LogP contribution in [0.2, 0.25) is 0 Å². The monoisotopic (exact) mass is 282 g/mol. The van der Waals surface area contributed by atoms with E-state index >= 15 is 0 Å². The van der Waals surface area contributed by atoms with E-state index in [1.54, 1.807) is 12.1 Å². The van der Waals surface area contributed by atoms with Crippen molar-refractivity contribution in [3.63, 3.8) is 0 Å². The maximum Gasteiger partial charge on any atom is 0.292 e. The van der Waals surface area contributed by atoms with Gasteiger partial charge in [0.1, 0.15) is 5.69 Å². The summed E-state index contributed by atoms with van der Waals surface area (Å²) in [6, 6.07) is 4.85. The molecule has 19 heavy (non-hydrogen) atoms. The van der Waals surface area contributed by atoms with Gasteiger partial charge in [-0.15, -0.1) is 0 Å². The van der Waals surface area contributed by atoms with Crippen molar-refractivity contribution in [1.29, 1.82) is 0 Å². The van der Waals surface area contributed by atoms with Crippen LogP contribution in [0.1, 0.15) is 0 Å². The SMILES string of the molecule is NC(=S)Nc1cc(N2CCOCC2)ccc1[N+](=O)[O-]. The first-order valence-corrected chi connectivity index (χ1v) is 6.16. The molecule has 0 unspecified atom stereocenters. The minimum Gasteiger partial charge on any atom is -0.378 e. The van der Waals surface area contributed by atoms with Crippen LogP contribution < -0.4 is 16.0 Å². The molecule has 0 aliphatic carbocycles. The summed E-state index contributed by atoms with van der Waals surface area (Å²) in [6.07, 6.45) is 0. The summed E-state index contributed by atoms with van der Waals surface area (Å²) < 4.78 is 5.27. The standard InChI is InChI=1S/C11H14N4O3S/c12-11(19)13-9-7-8(1-2-10(9)15(16)17)14-3-5-18-6-4-14/h1-2,7H,3-6H2,(H3,12,13,19). The van der Waals surface area contributed by atoms with Crippen LogP contribution in [0.3, 0.4) is 0 Å². The fraction of sp³-hybridized carbons (Fsp3) is 0.364. The second-order valence-electron chi connectivity index (χ2n) is 4.05. The first-order valence-electron chi connectivity index (χ1n) is 5.75. The van der Waals surface area contributed by atoms with Crippen molar-refractivity contribution in [2.24, 2.45) is 5.73 Å². The molecule has 102 valence electrons. The summed E-state index contributed by atoms with van der Waals surface area (Å²) in [6.45, 7) is 2.80. The molecule has 1 aliphatic heterocycles. The highest BCUT2D eigenvalue weighted by Gasteiger charge is 2.18. The molecule has 0 aromatic heterocycles. The summed E-state index contributed by atoms with van der Waals surface area (Å²) in [4.78, 5) is 12.6. The van der Waals surface area contributed by atoms with Crippen LogP contribution in [-0.4, -0.2) is 36.3 Å². The lowest BCUT2D eigenvalue weighted by Crippen LogP contribution is -2.36. The number of hydrogen-bond acceptors (Lipinski definition) is 5. The molecule has 0 radical (unpaired) electrons. The Balaban J connectivity index is 2.31. The van der Waals surface area contributed by atoms with Gasteiger partial charge in [0.2, 0.25) is 0 Å². The van der Waals surface area contributed by atoms with Gasteiger partial charge in [-0.25, -0.2) is 0 Å². The van der Waals surface area contributed by atoms with Crippen molar-refractivity contribution in [2.75, 3.05) is 36.5 Å². The third-order valence-corrected chi connectivity index (χ3v) is 2.91. The summed E-state index contributed by atoms with van der Waals surface area (Å²) in [5, 5.41) is 13.6. The van der Waals surface area contributed by atoms with Gasteiger partial charge in [-0.2, -0.15) is 0 Å². The zero-order valence-corrected chi connectivity index (χ0v) is 11.0. The van der Waals surface area contributed by atoms with E-state index in [-0.39, 0.29) is 10.8 Å². The average Bonchev–Trinajstić information content (AvgIpc) is 2.38. The first-order chi connectivity index (χ1) is 9.08. The lowest BCUT2D eigenvalue weighted by molar-refractivity contribution is -0.383. The van der Waals surface area contributed by atoms with Gasteiger partial charge in [0.25, 0.3) is 5.69 Å². The van der Waals surface area contributed by atoms with E-state index in [4.69, 9.17) is 22.7 Å². The smallest absolute Gasteiger partial charge is 0.292 e. The Morgan fingerprint density at radius 3 is 2.74 bits per heavy atom. The maximum atomic E-state index is 10.9. The van der Waals surface area contributed by atoms with Crippen molar-refractivity contribution in [1.82, 2.24) is 0 Å². The molecule has 1 aliphatic rings. The molecule has 0 bridgehead atoms. The predicted molar refractivity (Wildman–Crippen MR) is 76.5 cm³/mol. The Kier molecular flexibility index (Phi) is 4.13. The van der Waals surface area contributed by atoms with Gasteiger partial charge in [-0.3, -0.25) is 10.1 Å². The number of nitrogens with one attached hydrogen (secondary N) is 1. The van der Waals surface area contributed by atoms with Crippen molar-refractivity contribution in [3.05, 3.63) is 28.3 Å². The van der Waals surface area contributed by atoms with Gasteiger partial charge in [-0.05, 0) is 24.4 Å². The van der Waals surface area contributed by atoms with E-state index in [0.717, 1.165) is 18.8 Å². The first kappa shape index (κ1) is 13.5. The highest BCUT2D eigenvalue weighted by atomic mass is 32.1. The van der Waals surface area contributed by atoms with Crippen LogP contribution in [0.5, 0.6) is 0 Å². The summed E-state index contributed by atoms with van der Waals surface area (Å²) in [5.74, 6) is 0. The fourth-order valence-corrected chi connectivity index (χ4v) is 2.04. The lowest BCUT2D eigenvalue weighted by Gasteiger charge is -2.29. The van der Waals surface area contributed by atoms with Gasteiger partial charge >= 0.3 is 0 Å². The molecule has 0 atom stereocenters. The number of thiocarbonyl (C=S) groups is 1. The lowest BCUT2D eigenvalue weighted by atomic mass is 10.2. The van der Waals surface area contributed by atoms with E-state index < -0.39 is 4.92 Å². The van der Waals surface area contributed by atoms with Gasteiger partial charge < -0.3 is 20.7 Å². The number of benzene rings is 1. The van der Waals surface area contributed by atoms with Crippen LogP contribution in [-0.2, 0) is 4.74 Å². The topological polar surface area (TPSA) is 93.7 Å². The Hall–Kier alpha value is -1.93. The van der Waals surface area contributed by atoms with Crippen LogP contribution in [0, 0.1) is 10.1 Å². The Morgan fingerprint density at radius 1 is 1.47 bits per heavy atom. The second-order valence-corrected chi connectivity index (χ2v) is 4.49. The normalized spacial score (nSPS) is 15.1. The summed E-state index contributed by atoms with van der Waals surface area (Å²) in [5.41, 5.74) is 6.52. The Labute approximate surface area is 115 Å². The maximum absolute atomic E-state index is 10.9. The van der Waals surface area contributed by atoms with Crippen molar-refractivity contribution >= 4 is 34.4 Å². The molecular weight excluding hydrogens is 268 g/mol. The van der Waals surface area contributed by atoms with Gasteiger partial charge in [0.05, 0.1) is 18.1 Å². The molecule has 0 saturated carbocycles. The second kappa shape index (κ2) is 5.81. The number of morpholine rings is 1. The number of nitrogens with zero attached hydrogens (tertiary/aromatic N) is 2. The molecular formula is C11H14N4O3S. The fourth-order valence-electron chi connectivity index (χ4n) is 1.93. The number of rotatable bonds is 3. The number of hydrogen-bond donors (Lipinski definition) is 2. The minimum atomic E-state index is -0.469. The van der Waals surface area contributed by atoms with E-state index in [9.17, 15) is 10.1 Å². The Bertz CT molecular complexity index is 503. The molecule has 1 saturated heterocycles. The van der Waals surface area contributed by atoms with Crippen molar-refractivity contribution in [2.45, 2.75) is 0 Å². The van der Waals surface area contributed by atoms with Crippen LogP contribution in [0.4, 0.5) is 17.1 Å². The largest absolute Gasteiger partial charge is 0.378 e. The number of anilines is 2. The van der Waals surface area contributed by atoms with Gasteiger partial charge in [0, 0.05) is 24.8 Å². The highest BCUT2D eigenvalue weighted by Crippen LogP contribution is 2.29. The molecule has 0 spiro atoms. The van der Waals surface area contributed by atoms with Crippen LogP contribution in [0.15, 0.2) is 18.2 Å². The minimum absolute atomic E-state index is 0.00206. The zero-order valence-electron chi connectivity index (χ0n) is 10.2. The molecule has 3 N–H and O–H groups in total. The average molecular weight is 282 g/mol. The predicted octanol–water partition coefficient (Wildman–Crippen LogP) is 1.09. The number of nitro groups is 1. The van der Waals surface area contributed by atoms with Crippen molar-refractivity contribution < 1.29 is 9.66 Å². The highest BCUT2D eigenvalue weighted by molar-refractivity contribution is 7.80. The molecule has 1 aromatic carbocycles. The van der Waals surface area contributed by atoms with Crippen LogP contribution in [0.25, 0.3) is 0 Å². The van der Waals surface area contributed by atoms with E-state index in [1.165, 1.54) is 6.07 Å². The van der Waals surface area contributed by atoms with Gasteiger partial charge in [-0.1, -0.05) is 0 Å². The third-order valence-electron chi connectivity index (χ3n) is 2.81. The van der Waals surface area contributed by atoms with Crippen LogP contribution >= 0.6 is 12.2 Å². The molecule has 0 amide bonds. The summed E-state index contributed by atoms with van der Waals surface area (Å²) in [7, 11) is 0. The van der Waals surface area contributed by atoms with E-state index in [1.807, 2.05) is 0 Å². The quantitative estimate of drug-likeness (QED) is 0.487. The van der Waals surface area contributed by atoms with Crippen molar-refractivity contribution in [3.8, 4) is 0 Å². The number of nitrogens with two attached hydrogens (primary N) is 1. The number of nitro benzene ring substituents is 1. The number of ether oxygens (including phenoxy) is 1. The zero-order chi connectivity index (χ0) is 13.8. The van der Waals surface area contributed by atoms with Gasteiger partial charge in [0.15, 0.2) is 5.11 Å². The molecule has 1 fully saturated rings. The molecule has 7 nitrogen and oxygen atoms in total. The summed E-state index contributed by atoms with van der Waals surface area (Å²) >= 11 is 4.73. The molecule has 2 rings (SSSR count). The molecule has 1 aromatic rings.